The maximum atomic E-state index is 13.4. The fourth-order valence-corrected chi connectivity index (χ4v) is 2.51. The summed E-state index contributed by atoms with van der Waals surface area (Å²) < 4.78 is 46.1. The first kappa shape index (κ1) is 16.1. The molecule has 0 N–H and O–H groups in total. The standard InChI is InChI=1S/C20H14F3O/c21-20(22,23)18-14-8-7-13-17(18)19(15-9-3-1-4-10-15)24-16-11-5-2-6-12-16/h1-5,7-14,19H. The lowest BCUT2D eigenvalue weighted by Gasteiger charge is -2.23. The lowest BCUT2D eigenvalue weighted by Crippen LogP contribution is -2.16. The zero-order valence-corrected chi connectivity index (χ0v) is 12.6. The fraction of sp³-hybridized carbons (Fsp3) is 0.100. The molecule has 1 unspecified atom stereocenters. The molecular weight excluding hydrogens is 313 g/mol. The SMILES string of the molecule is FC(F)(F)c1ccccc1C(Oc1c[c]ccc1)c1ccccc1. The van der Waals surface area contributed by atoms with Gasteiger partial charge in [0.2, 0.25) is 0 Å². The predicted molar refractivity (Wildman–Crippen MR) is 85.6 cm³/mol. The van der Waals surface area contributed by atoms with Crippen LogP contribution in [0.2, 0.25) is 0 Å². The normalized spacial score (nSPS) is 12.6. The van der Waals surface area contributed by atoms with Gasteiger partial charge in [0, 0.05) is 5.56 Å². The summed E-state index contributed by atoms with van der Waals surface area (Å²) in [5.41, 5.74) is 0.0388. The number of hydrogen-bond donors (Lipinski definition) is 0. The number of halogens is 3. The van der Waals surface area contributed by atoms with Gasteiger partial charge >= 0.3 is 6.18 Å². The maximum absolute atomic E-state index is 13.4. The van der Waals surface area contributed by atoms with E-state index in [1.807, 2.05) is 6.07 Å². The third-order valence-corrected chi connectivity index (χ3v) is 3.58. The summed E-state index contributed by atoms with van der Waals surface area (Å²) in [5, 5.41) is 0. The molecular formula is C20H14F3O. The molecule has 0 aliphatic rings. The van der Waals surface area contributed by atoms with Gasteiger partial charge in [0.05, 0.1) is 5.56 Å². The van der Waals surface area contributed by atoms with Crippen LogP contribution in [0.25, 0.3) is 0 Å². The predicted octanol–water partition coefficient (Wildman–Crippen LogP) is 5.67. The smallest absolute Gasteiger partial charge is 0.416 e. The van der Waals surface area contributed by atoms with E-state index in [2.05, 4.69) is 6.07 Å². The van der Waals surface area contributed by atoms with E-state index in [1.165, 1.54) is 12.1 Å². The minimum Gasteiger partial charge on any atom is -0.481 e. The highest BCUT2D eigenvalue weighted by molar-refractivity contribution is 5.39. The molecule has 3 rings (SSSR count). The van der Waals surface area contributed by atoms with Gasteiger partial charge in [-0.2, -0.15) is 13.2 Å². The van der Waals surface area contributed by atoms with Crippen molar-refractivity contribution in [2.24, 2.45) is 0 Å². The molecule has 4 heteroatoms. The molecule has 24 heavy (non-hydrogen) atoms. The lowest BCUT2D eigenvalue weighted by molar-refractivity contribution is -0.138. The van der Waals surface area contributed by atoms with Crippen LogP contribution in [0.3, 0.4) is 0 Å². The van der Waals surface area contributed by atoms with E-state index in [1.54, 1.807) is 54.6 Å². The van der Waals surface area contributed by atoms with E-state index < -0.39 is 17.8 Å². The minimum absolute atomic E-state index is 0.0834. The van der Waals surface area contributed by atoms with Gasteiger partial charge in [-0.25, -0.2) is 0 Å². The Labute approximate surface area is 138 Å². The number of rotatable bonds is 4. The summed E-state index contributed by atoms with van der Waals surface area (Å²) in [6, 6.07) is 24.0. The molecule has 0 spiro atoms. The number of ether oxygens (including phenoxy) is 1. The summed E-state index contributed by atoms with van der Waals surface area (Å²) in [7, 11) is 0. The third-order valence-electron chi connectivity index (χ3n) is 3.58. The van der Waals surface area contributed by atoms with E-state index >= 15 is 0 Å². The Balaban J connectivity index is 2.09. The van der Waals surface area contributed by atoms with Crippen molar-refractivity contribution in [3.63, 3.8) is 0 Å². The second-order valence-corrected chi connectivity index (χ2v) is 5.23. The van der Waals surface area contributed by atoms with Crippen molar-refractivity contribution >= 4 is 0 Å². The van der Waals surface area contributed by atoms with E-state index in [9.17, 15) is 13.2 Å². The maximum Gasteiger partial charge on any atom is 0.416 e. The average molecular weight is 327 g/mol. The van der Waals surface area contributed by atoms with Gasteiger partial charge in [0.25, 0.3) is 0 Å². The molecule has 0 bridgehead atoms. The van der Waals surface area contributed by atoms with Crippen LogP contribution in [0.4, 0.5) is 13.2 Å². The Morgan fingerprint density at radius 2 is 1.54 bits per heavy atom. The fourth-order valence-electron chi connectivity index (χ4n) is 2.51. The minimum atomic E-state index is -4.45. The van der Waals surface area contributed by atoms with Gasteiger partial charge in [-0.1, -0.05) is 60.7 Å². The average Bonchev–Trinajstić information content (AvgIpc) is 2.61. The highest BCUT2D eigenvalue weighted by atomic mass is 19.4. The molecule has 0 aromatic heterocycles. The van der Waals surface area contributed by atoms with Crippen LogP contribution in [0.5, 0.6) is 5.75 Å². The van der Waals surface area contributed by atoms with Crippen molar-refractivity contribution in [1.29, 1.82) is 0 Å². The first-order chi connectivity index (χ1) is 11.6. The molecule has 1 atom stereocenters. The van der Waals surface area contributed by atoms with E-state index in [4.69, 9.17) is 4.74 Å². The van der Waals surface area contributed by atoms with Gasteiger partial charge < -0.3 is 4.74 Å². The van der Waals surface area contributed by atoms with Gasteiger partial charge in [0.1, 0.15) is 11.9 Å². The lowest BCUT2D eigenvalue weighted by atomic mass is 9.96. The van der Waals surface area contributed by atoms with Crippen molar-refractivity contribution in [2.75, 3.05) is 0 Å². The van der Waals surface area contributed by atoms with E-state index in [-0.39, 0.29) is 5.56 Å². The van der Waals surface area contributed by atoms with Gasteiger partial charge in [0.15, 0.2) is 0 Å². The Hall–Kier alpha value is -2.75. The van der Waals surface area contributed by atoms with Crippen LogP contribution in [-0.2, 0) is 6.18 Å². The van der Waals surface area contributed by atoms with Crippen LogP contribution in [0.15, 0.2) is 78.9 Å². The third kappa shape index (κ3) is 3.59. The summed E-state index contributed by atoms with van der Waals surface area (Å²) in [6.07, 6.45) is -5.31. The zero-order chi connectivity index (χ0) is 17.0. The summed E-state index contributed by atoms with van der Waals surface area (Å²) in [4.78, 5) is 0. The van der Waals surface area contributed by atoms with Crippen LogP contribution < -0.4 is 4.74 Å². The Kier molecular flexibility index (Phi) is 4.56. The Morgan fingerprint density at radius 3 is 2.21 bits per heavy atom. The summed E-state index contributed by atoms with van der Waals surface area (Å²) >= 11 is 0. The number of alkyl halides is 3. The van der Waals surface area contributed by atoms with Crippen LogP contribution in [0.1, 0.15) is 22.8 Å². The molecule has 0 amide bonds. The Morgan fingerprint density at radius 1 is 0.833 bits per heavy atom. The molecule has 3 aromatic carbocycles. The van der Waals surface area contributed by atoms with Gasteiger partial charge in [-0.05, 0) is 29.8 Å². The molecule has 0 saturated carbocycles. The molecule has 0 heterocycles. The van der Waals surface area contributed by atoms with Crippen molar-refractivity contribution in [2.45, 2.75) is 12.3 Å². The number of benzene rings is 3. The molecule has 1 radical (unpaired) electrons. The van der Waals surface area contributed by atoms with E-state index in [0.29, 0.717) is 11.3 Å². The monoisotopic (exact) mass is 327 g/mol. The molecule has 1 nitrogen and oxygen atoms in total. The topological polar surface area (TPSA) is 9.23 Å². The molecule has 121 valence electrons. The molecule has 0 aliphatic heterocycles. The molecule has 3 aromatic rings. The van der Waals surface area contributed by atoms with Crippen molar-refractivity contribution in [3.05, 3.63) is 102 Å². The van der Waals surface area contributed by atoms with Gasteiger partial charge in [-0.3, -0.25) is 0 Å². The summed E-state index contributed by atoms with van der Waals surface area (Å²) in [5.74, 6) is 0.461. The Bertz CT molecular complexity index is 783. The van der Waals surface area contributed by atoms with Gasteiger partial charge in [-0.15, -0.1) is 0 Å². The summed E-state index contributed by atoms with van der Waals surface area (Å²) in [6.45, 7) is 0. The first-order valence-electron chi connectivity index (χ1n) is 7.39. The van der Waals surface area contributed by atoms with E-state index in [0.717, 1.165) is 6.07 Å². The number of hydrogen-bond acceptors (Lipinski definition) is 1. The molecule has 0 fully saturated rings. The van der Waals surface area contributed by atoms with Crippen LogP contribution in [-0.4, -0.2) is 0 Å². The van der Waals surface area contributed by atoms with Crippen molar-refractivity contribution < 1.29 is 17.9 Å². The first-order valence-corrected chi connectivity index (χ1v) is 7.39. The molecule has 0 saturated heterocycles. The quantitative estimate of drug-likeness (QED) is 0.599. The highest BCUT2D eigenvalue weighted by Crippen LogP contribution is 2.38. The zero-order valence-electron chi connectivity index (χ0n) is 12.6. The highest BCUT2D eigenvalue weighted by Gasteiger charge is 2.36. The van der Waals surface area contributed by atoms with Crippen LogP contribution in [0, 0.1) is 6.07 Å². The van der Waals surface area contributed by atoms with Crippen LogP contribution >= 0.6 is 0 Å². The second kappa shape index (κ2) is 6.79. The largest absolute Gasteiger partial charge is 0.481 e. The molecule has 0 aliphatic carbocycles. The van der Waals surface area contributed by atoms with Crippen molar-refractivity contribution in [1.82, 2.24) is 0 Å². The second-order valence-electron chi connectivity index (χ2n) is 5.23. The van der Waals surface area contributed by atoms with Crippen molar-refractivity contribution in [3.8, 4) is 5.75 Å².